The molecule has 0 aliphatic heterocycles. The molecule has 0 rings (SSSR count). The fourth-order valence-electron chi connectivity index (χ4n) is 0.289. The van der Waals surface area contributed by atoms with Crippen LogP contribution in [0.1, 0.15) is 26.7 Å². The molecule has 0 nitrogen and oxygen atoms in total. The first-order chi connectivity index (χ1) is 2.81. The molecule has 0 fully saturated rings. The first-order valence-corrected chi connectivity index (χ1v) is 3.96. The Morgan fingerprint density at radius 3 is 1.57 bits per heavy atom. The Bertz CT molecular complexity index is 27.3. The molecule has 0 spiro atoms. The fraction of sp³-hybridized carbons (Fsp3) is 1.00. The van der Waals surface area contributed by atoms with E-state index < -0.39 is 0 Å². The maximum atomic E-state index is 2.27. The molecule has 0 aromatic carbocycles. The molecule has 0 aliphatic rings. The molecule has 0 amide bonds. The van der Waals surface area contributed by atoms with Crippen molar-refractivity contribution >= 4 is 37.5 Å². The maximum absolute atomic E-state index is 2.27. The van der Waals surface area contributed by atoms with Gasteiger partial charge in [0.15, 0.2) is 0 Å². The van der Waals surface area contributed by atoms with Gasteiger partial charge in [-0.25, -0.2) is 0 Å². The Balaban J connectivity index is 0. The van der Waals surface area contributed by atoms with Crippen molar-refractivity contribution in [3.05, 3.63) is 0 Å². The molecule has 0 aromatic heterocycles. The Morgan fingerprint density at radius 1 is 1.29 bits per heavy atom. The molecule has 0 atom stereocenters. The van der Waals surface area contributed by atoms with E-state index in [2.05, 4.69) is 13.8 Å². The van der Waals surface area contributed by atoms with Gasteiger partial charge in [0, 0.05) is 10.2 Å². The molecule has 2 radical (unpaired) electrons. The molecule has 2 heteroatoms. The van der Waals surface area contributed by atoms with Crippen LogP contribution in [0.3, 0.4) is 0 Å². The van der Waals surface area contributed by atoms with Gasteiger partial charge in [0.2, 0.25) is 0 Å². The van der Waals surface area contributed by atoms with E-state index in [0.29, 0.717) is 0 Å². The van der Waals surface area contributed by atoms with E-state index in [1.807, 2.05) is 0 Å². The van der Waals surface area contributed by atoms with Crippen LogP contribution in [-0.4, -0.2) is 37.5 Å². The topological polar surface area (TPSA) is 0 Å². The van der Waals surface area contributed by atoms with E-state index in [9.17, 15) is 0 Å². The summed E-state index contributed by atoms with van der Waals surface area (Å²) in [6.07, 6.45) is 2.78. The molecule has 0 aliphatic carbocycles. The second-order valence-electron chi connectivity index (χ2n) is 1.92. The third-order valence-electron chi connectivity index (χ3n) is 1.39. The van der Waals surface area contributed by atoms with E-state index in [4.69, 9.17) is 0 Å². The number of rotatable bonds is 2. The van der Waals surface area contributed by atoms with Gasteiger partial charge in [0.05, 0.1) is 0 Å². The van der Waals surface area contributed by atoms with E-state index in [1.165, 1.54) is 23.1 Å². The average molecular weight is 311 g/mol. The van der Waals surface area contributed by atoms with Crippen LogP contribution in [0.15, 0.2) is 0 Å². The summed E-state index contributed by atoms with van der Waals surface area (Å²) >= 11 is 0. The van der Waals surface area contributed by atoms with Gasteiger partial charge in [0.1, 0.15) is 0 Å². The first-order valence-electron chi connectivity index (χ1n) is 2.81. The van der Waals surface area contributed by atoms with E-state index in [1.54, 1.807) is 0 Å². The Hall–Kier alpha value is 1.14. The Morgan fingerprint density at radius 2 is 1.57 bits per heavy atom. The van der Waals surface area contributed by atoms with Crippen LogP contribution >= 0.6 is 0 Å². The predicted molar refractivity (Wildman–Crippen MR) is 42.8 cm³/mol. The number of hydrogen-bond donors (Lipinski definition) is 0. The van der Waals surface area contributed by atoms with Crippen LogP contribution in [-0.2, 0) is 0 Å². The fourth-order valence-corrected chi connectivity index (χ4v) is 0.289. The zero-order chi connectivity index (χ0) is 4.99. The Kier molecular flexibility index (Phi) is 11.2. The average Bonchev–Trinajstić information content (AvgIpc) is 1.65. The van der Waals surface area contributed by atoms with E-state index in [-0.39, 0.29) is 27.3 Å². The quantitative estimate of drug-likeness (QED) is 0.632. The van der Waals surface area contributed by atoms with Crippen molar-refractivity contribution in [1.82, 2.24) is 0 Å². The third-order valence-corrected chi connectivity index (χ3v) is 3.03. The van der Waals surface area contributed by atoms with E-state index >= 15 is 0 Å². The van der Waals surface area contributed by atoms with Gasteiger partial charge >= 0.3 is 27.3 Å². The molecule has 0 saturated heterocycles. The van der Waals surface area contributed by atoms with Crippen molar-refractivity contribution in [2.75, 3.05) is 0 Å². The van der Waals surface area contributed by atoms with Gasteiger partial charge in [-0.1, -0.05) is 32.2 Å². The minimum atomic E-state index is 0. The van der Waals surface area contributed by atoms with Gasteiger partial charge < -0.3 is 0 Å². The van der Waals surface area contributed by atoms with Crippen molar-refractivity contribution in [2.45, 2.75) is 32.2 Å². The van der Waals surface area contributed by atoms with Crippen LogP contribution in [0, 0.1) is 0 Å². The van der Waals surface area contributed by atoms with Crippen LogP contribution in [0.5, 0.6) is 0 Å². The number of hydrogen-bond acceptors (Lipinski definition) is 0. The van der Waals surface area contributed by atoms with Gasteiger partial charge in [-0.2, -0.15) is 0 Å². The summed E-state index contributed by atoms with van der Waals surface area (Å²) in [5.74, 6) is 0. The van der Waals surface area contributed by atoms with Crippen LogP contribution in [0.25, 0.3) is 0 Å². The molecule has 44 valence electrons. The summed E-state index contributed by atoms with van der Waals surface area (Å²) in [5.41, 5.74) is 1.07. The monoisotopic (exact) mass is 312 g/mol. The van der Waals surface area contributed by atoms with E-state index in [0.717, 1.165) is 5.54 Å². The summed E-state index contributed by atoms with van der Waals surface area (Å²) in [4.78, 5) is 0. The van der Waals surface area contributed by atoms with Crippen molar-refractivity contribution in [2.24, 2.45) is 0 Å². The summed E-state index contributed by atoms with van der Waals surface area (Å²) < 4.78 is 0. The zero-order valence-corrected chi connectivity index (χ0v) is 13.2. The molecule has 0 aromatic rings. The summed E-state index contributed by atoms with van der Waals surface area (Å²) in [6, 6.07) is 0. The van der Waals surface area contributed by atoms with Crippen molar-refractivity contribution < 1.29 is 0 Å². The summed E-state index contributed by atoms with van der Waals surface area (Å²) in [6.45, 7) is 4.53. The standard InChI is InChI=1S/C5H14Si.Pb.2H/c1-3-5(6)4-2;;;/h5H,3-4H2,1-2,6H3;;;. The summed E-state index contributed by atoms with van der Waals surface area (Å²) in [7, 11) is 1.39. The van der Waals surface area contributed by atoms with Gasteiger partial charge in [0.25, 0.3) is 0 Å². The van der Waals surface area contributed by atoms with Crippen LogP contribution in [0.4, 0.5) is 0 Å². The molecule has 0 heterocycles. The molecule has 0 N–H and O–H groups in total. The molecular formula is C5H16PbSi. The van der Waals surface area contributed by atoms with Crippen molar-refractivity contribution in [3.63, 3.8) is 0 Å². The van der Waals surface area contributed by atoms with Crippen molar-refractivity contribution in [1.29, 1.82) is 0 Å². The van der Waals surface area contributed by atoms with Gasteiger partial charge in [-0.05, 0) is 0 Å². The first kappa shape index (κ1) is 11.0. The molecule has 0 unspecified atom stereocenters. The second-order valence-corrected chi connectivity index (χ2v) is 3.55. The third kappa shape index (κ3) is 7.14. The normalized spacial score (nSPS) is 9.00. The summed E-state index contributed by atoms with van der Waals surface area (Å²) in [5, 5.41) is 0. The van der Waals surface area contributed by atoms with Gasteiger partial charge in [-0.3, -0.25) is 0 Å². The minimum absolute atomic E-state index is 0. The molecule has 0 saturated carbocycles. The van der Waals surface area contributed by atoms with Crippen molar-refractivity contribution in [3.8, 4) is 0 Å². The van der Waals surface area contributed by atoms with Crippen LogP contribution < -0.4 is 0 Å². The molecule has 0 bridgehead atoms. The Labute approximate surface area is 69.7 Å². The second kappa shape index (κ2) is 7.14. The molecular weight excluding hydrogens is 295 g/mol. The van der Waals surface area contributed by atoms with Gasteiger partial charge in [-0.15, -0.1) is 0 Å². The molecule has 7 heavy (non-hydrogen) atoms. The van der Waals surface area contributed by atoms with Crippen LogP contribution in [0.2, 0.25) is 5.54 Å². The predicted octanol–water partition coefficient (Wildman–Crippen LogP) is 0.0441. The SMILES string of the molecule is CCC([SiH3])CC.[PbH2]. The zero-order valence-electron chi connectivity index (χ0n) is 5.70.